The molecule has 2 aromatic carbocycles. The highest BCUT2D eigenvalue weighted by Gasteiger charge is 2.26. The van der Waals surface area contributed by atoms with Crippen molar-refractivity contribution in [2.45, 2.75) is 10.7 Å². The second-order valence-electron chi connectivity index (χ2n) is 5.08. The van der Waals surface area contributed by atoms with Gasteiger partial charge in [-0.1, -0.05) is 15.9 Å². The van der Waals surface area contributed by atoms with Gasteiger partial charge in [-0.25, -0.2) is 17.6 Å². The Morgan fingerprint density at radius 3 is 2.30 bits per heavy atom. The number of anilines is 1. The summed E-state index contributed by atoms with van der Waals surface area (Å²) in [5.41, 5.74) is -0.258. The molecule has 2 rings (SSSR count). The van der Waals surface area contributed by atoms with Crippen LogP contribution in [-0.2, 0) is 19.4 Å². The van der Waals surface area contributed by atoms with Crippen molar-refractivity contribution >= 4 is 43.3 Å². The van der Waals surface area contributed by atoms with Gasteiger partial charge in [0.2, 0.25) is 9.84 Å². The number of rotatable bonds is 6. The van der Waals surface area contributed by atoms with Gasteiger partial charge < -0.3 is 10.1 Å². The van der Waals surface area contributed by atoms with Gasteiger partial charge in [0.25, 0.3) is 5.91 Å². The summed E-state index contributed by atoms with van der Waals surface area (Å²) in [5.74, 6) is -6.07. The molecule has 6 nitrogen and oxygen atoms in total. The predicted octanol–water partition coefficient (Wildman–Crippen LogP) is 3.38. The summed E-state index contributed by atoms with van der Waals surface area (Å²) in [5, 5.41) is 2.21. The predicted molar refractivity (Wildman–Crippen MR) is 92.6 cm³/mol. The van der Waals surface area contributed by atoms with E-state index in [0.717, 1.165) is 30.3 Å². The molecule has 0 saturated carbocycles. The van der Waals surface area contributed by atoms with Gasteiger partial charge in [-0.2, -0.15) is 8.78 Å². The number of alkyl halides is 2. The molecule has 0 radical (unpaired) electrons. The molecule has 2 aromatic rings. The van der Waals surface area contributed by atoms with Gasteiger partial charge in [0.05, 0.1) is 16.1 Å². The number of nitrogens with one attached hydrogen (secondary N) is 1. The van der Waals surface area contributed by atoms with Crippen LogP contribution in [-0.4, -0.2) is 32.7 Å². The van der Waals surface area contributed by atoms with Gasteiger partial charge >= 0.3 is 11.7 Å². The highest BCUT2D eigenvalue weighted by atomic mass is 79.9. The zero-order valence-corrected chi connectivity index (χ0v) is 15.7. The van der Waals surface area contributed by atoms with Crippen molar-refractivity contribution in [3.05, 3.63) is 58.3 Å². The number of hydrogen-bond acceptors (Lipinski definition) is 5. The van der Waals surface area contributed by atoms with Crippen molar-refractivity contribution in [2.75, 3.05) is 11.9 Å². The third-order valence-electron chi connectivity index (χ3n) is 3.19. The third kappa shape index (κ3) is 5.30. The Hall–Kier alpha value is -2.40. The minimum absolute atomic E-state index is 0.110. The average Bonchev–Trinajstić information content (AvgIpc) is 2.62. The van der Waals surface area contributed by atoms with Crippen LogP contribution in [0.15, 0.2) is 51.8 Å². The van der Waals surface area contributed by atoms with Crippen molar-refractivity contribution in [3.63, 3.8) is 0 Å². The van der Waals surface area contributed by atoms with E-state index in [9.17, 15) is 31.2 Å². The molecule has 144 valence electrons. The maximum atomic E-state index is 13.6. The highest BCUT2D eigenvalue weighted by molar-refractivity contribution is 9.10. The number of sulfone groups is 1. The SMILES string of the molecule is O=C(COC(=O)c1ccc(S(=O)(=O)C(F)F)cc1)Nc1ccc(Br)cc1F. The molecule has 27 heavy (non-hydrogen) atoms. The average molecular weight is 466 g/mol. The van der Waals surface area contributed by atoms with Crippen LogP contribution in [0.1, 0.15) is 10.4 Å². The molecule has 0 bridgehead atoms. The normalized spacial score (nSPS) is 11.3. The lowest BCUT2D eigenvalue weighted by atomic mass is 10.2. The summed E-state index contributed by atoms with van der Waals surface area (Å²) in [6.45, 7) is -0.731. The first kappa shape index (κ1) is 20.9. The van der Waals surface area contributed by atoms with Gasteiger partial charge in [-0.05, 0) is 42.5 Å². The number of benzene rings is 2. The fourth-order valence-electron chi connectivity index (χ4n) is 1.88. The first-order chi connectivity index (χ1) is 12.6. The van der Waals surface area contributed by atoms with E-state index in [1.807, 2.05) is 0 Å². The molecule has 0 aromatic heterocycles. The topological polar surface area (TPSA) is 89.5 Å². The lowest BCUT2D eigenvalue weighted by Crippen LogP contribution is -2.21. The van der Waals surface area contributed by atoms with Gasteiger partial charge in [-0.3, -0.25) is 4.79 Å². The Morgan fingerprint density at radius 2 is 1.74 bits per heavy atom. The fourth-order valence-corrected chi connectivity index (χ4v) is 2.93. The molecule has 0 spiro atoms. The zero-order valence-electron chi connectivity index (χ0n) is 13.3. The van der Waals surface area contributed by atoms with Gasteiger partial charge in [0.15, 0.2) is 6.61 Å². The summed E-state index contributed by atoms with van der Waals surface area (Å²) in [4.78, 5) is 22.9. The quantitative estimate of drug-likeness (QED) is 0.660. The van der Waals surface area contributed by atoms with Gasteiger partial charge in [0, 0.05) is 4.47 Å². The number of ether oxygens (including phenoxy) is 1. The molecule has 11 heteroatoms. The Kier molecular flexibility index (Phi) is 6.60. The lowest BCUT2D eigenvalue weighted by Gasteiger charge is -2.08. The van der Waals surface area contributed by atoms with E-state index >= 15 is 0 Å². The summed E-state index contributed by atoms with van der Waals surface area (Å²) < 4.78 is 66.3. The Morgan fingerprint density at radius 1 is 1.11 bits per heavy atom. The molecule has 0 fully saturated rings. The van der Waals surface area contributed by atoms with Crippen molar-refractivity contribution in [2.24, 2.45) is 0 Å². The largest absolute Gasteiger partial charge is 0.452 e. The second kappa shape index (κ2) is 8.53. The number of halogens is 4. The molecule has 0 aliphatic heterocycles. The first-order valence-electron chi connectivity index (χ1n) is 7.15. The van der Waals surface area contributed by atoms with Crippen LogP contribution in [0.2, 0.25) is 0 Å². The lowest BCUT2D eigenvalue weighted by molar-refractivity contribution is -0.119. The van der Waals surface area contributed by atoms with Gasteiger partial charge in [0.1, 0.15) is 5.82 Å². The molecule has 0 atom stereocenters. The van der Waals surface area contributed by atoms with Crippen LogP contribution < -0.4 is 5.32 Å². The summed E-state index contributed by atoms with van der Waals surface area (Å²) >= 11 is 3.06. The van der Waals surface area contributed by atoms with E-state index in [4.69, 9.17) is 4.74 Å². The van der Waals surface area contributed by atoms with E-state index in [2.05, 4.69) is 21.2 Å². The molecule has 0 unspecified atom stereocenters. The molecule has 0 saturated heterocycles. The standard InChI is InChI=1S/C16H11BrF3NO5S/c17-10-3-6-13(12(18)7-10)21-14(22)8-26-15(23)9-1-4-11(5-2-9)27(24,25)16(19)20/h1-7,16H,8H2,(H,21,22). The third-order valence-corrected chi connectivity index (χ3v) is 5.08. The molecular formula is C16H11BrF3NO5S. The number of esters is 1. The maximum Gasteiger partial charge on any atom is 0.341 e. The van der Waals surface area contributed by atoms with Crippen molar-refractivity contribution in [3.8, 4) is 0 Å². The number of hydrogen-bond donors (Lipinski definition) is 1. The first-order valence-corrected chi connectivity index (χ1v) is 9.49. The summed E-state index contributed by atoms with van der Waals surface area (Å²) in [7, 11) is -4.78. The van der Waals surface area contributed by atoms with Gasteiger partial charge in [-0.15, -0.1) is 0 Å². The monoisotopic (exact) mass is 465 g/mol. The maximum absolute atomic E-state index is 13.6. The highest BCUT2D eigenvalue weighted by Crippen LogP contribution is 2.20. The van der Waals surface area contributed by atoms with Crippen LogP contribution in [0.5, 0.6) is 0 Å². The van der Waals surface area contributed by atoms with Crippen molar-refractivity contribution in [1.82, 2.24) is 0 Å². The molecular weight excluding hydrogens is 455 g/mol. The van der Waals surface area contributed by atoms with E-state index in [-0.39, 0.29) is 11.3 Å². The number of carbonyl (C=O) groups is 2. The smallest absolute Gasteiger partial charge is 0.341 e. The van der Waals surface area contributed by atoms with E-state index in [0.29, 0.717) is 4.47 Å². The van der Waals surface area contributed by atoms with E-state index in [1.165, 1.54) is 12.1 Å². The van der Waals surface area contributed by atoms with Crippen LogP contribution in [0, 0.1) is 5.82 Å². The van der Waals surface area contributed by atoms with Crippen LogP contribution >= 0.6 is 15.9 Å². The minimum atomic E-state index is -4.78. The Balaban J connectivity index is 1.96. The molecule has 0 aliphatic carbocycles. The van der Waals surface area contributed by atoms with E-state index < -0.39 is 44.8 Å². The van der Waals surface area contributed by atoms with Crippen LogP contribution in [0.4, 0.5) is 18.9 Å². The molecule has 1 amide bonds. The molecule has 1 N–H and O–H groups in total. The molecule has 0 heterocycles. The van der Waals surface area contributed by atoms with E-state index in [1.54, 1.807) is 0 Å². The zero-order chi connectivity index (χ0) is 20.2. The summed E-state index contributed by atoms with van der Waals surface area (Å²) in [6.07, 6.45) is 0. The summed E-state index contributed by atoms with van der Waals surface area (Å²) in [6, 6.07) is 7.55. The van der Waals surface area contributed by atoms with Crippen LogP contribution in [0.3, 0.4) is 0 Å². The Labute approximate surface area is 160 Å². The molecule has 0 aliphatic rings. The minimum Gasteiger partial charge on any atom is -0.452 e. The number of amides is 1. The van der Waals surface area contributed by atoms with Crippen molar-refractivity contribution < 1.29 is 35.9 Å². The fraction of sp³-hybridized carbons (Fsp3) is 0.125. The van der Waals surface area contributed by atoms with Crippen LogP contribution in [0.25, 0.3) is 0 Å². The number of carbonyl (C=O) groups excluding carboxylic acids is 2. The van der Waals surface area contributed by atoms with Crippen molar-refractivity contribution in [1.29, 1.82) is 0 Å². The second-order valence-corrected chi connectivity index (χ2v) is 7.91. The Bertz CT molecular complexity index is 965.